The molecule has 0 amide bonds. The zero-order valence-electron chi connectivity index (χ0n) is 10.6. The van der Waals surface area contributed by atoms with Gasteiger partial charge in [0.25, 0.3) is 9.05 Å². The molecule has 0 saturated heterocycles. The Balaban J connectivity index is 2.71. The van der Waals surface area contributed by atoms with Crippen molar-refractivity contribution in [3.63, 3.8) is 0 Å². The van der Waals surface area contributed by atoms with E-state index in [0.717, 1.165) is 0 Å². The molecule has 8 heteroatoms. The molecule has 0 unspecified atom stereocenters. The molecule has 2 rings (SSSR count). The summed E-state index contributed by atoms with van der Waals surface area (Å²) in [6.45, 7) is 3.55. The van der Waals surface area contributed by atoms with E-state index in [1.807, 2.05) is 0 Å². The fraction of sp³-hybridized carbons (Fsp3) is 0.250. The highest BCUT2D eigenvalue weighted by Gasteiger charge is 2.28. The Bertz CT molecular complexity index is 740. The van der Waals surface area contributed by atoms with Gasteiger partial charge in [-0.05, 0) is 30.2 Å². The third-order valence-electron chi connectivity index (χ3n) is 2.68. The number of nitrogens with zero attached hydrogens (tertiary/aromatic N) is 2. The summed E-state index contributed by atoms with van der Waals surface area (Å²) in [4.78, 5) is -0.208. The van der Waals surface area contributed by atoms with Crippen molar-refractivity contribution in [2.45, 2.75) is 24.7 Å². The number of hydrogen-bond acceptors (Lipinski definition) is 3. The summed E-state index contributed by atoms with van der Waals surface area (Å²) < 4.78 is 37.4. The molecular weight excluding hydrogens is 326 g/mol. The highest BCUT2D eigenvalue weighted by molar-refractivity contribution is 8.13. The van der Waals surface area contributed by atoms with Crippen molar-refractivity contribution in [3.8, 4) is 5.69 Å². The highest BCUT2D eigenvalue weighted by Crippen LogP contribution is 2.34. The maximum absolute atomic E-state index is 12.9. The van der Waals surface area contributed by atoms with Gasteiger partial charge in [0.15, 0.2) is 5.15 Å². The van der Waals surface area contributed by atoms with Crippen molar-refractivity contribution in [3.05, 3.63) is 40.9 Å². The summed E-state index contributed by atoms with van der Waals surface area (Å²) in [6.07, 6.45) is 0. The molecule has 108 valence electrons. The smallest absolute Gasteiger partial charge is 0.220 e. The van der Waals surface area contributed by atoms with Gasteiger partial charge in [-0.1, -0.05) is 25.4 Å². The van der Waals surface area contributed by atoms with Crippen molar-refractivity contribution in [1.82, 2.24) is 9.78 Å². The molecular formula is C12H11Cl2FN2O2S. The normalized spacial score (nSPS) is 12.1. The second-order valence-corrected chi connectivity index (χ2v) is 7.35. The number of benzene rings is 1. The summed E-state index contributed by atoms with van der Waals surface area (Å²) in [5, 5.41) is 4.06. The second-order valence-electron chi connectivity index (χ2n) is 4.49. The third kappa shape index (κ3) is 2.82. The van der Waals surface area contributed by atoms with Crippen LogP contribution >= 0.6 is 22.3 Å². The number of rotatable bonds is 3. The summed E-state index contributed by atoms with van der Waals surface area (Å²) in [5.74, 6) is -0.593. The maximum atomic E-state index is 12.9. The fourth-order valence-electron chi connectivity index (χ4n) is 1.76. The zero-order chi connectivity index (χ0) is 15.1. The van der Waals surface area contributed by atoms with E-state index in [-0.39, 0.29) is 21.7 Å². The van der Waals surface area contributed by atoms with Crippen LogP contribution in [0.2, 0.25) is 5.15 Å². The number of aromatic nitrogens is 2. The van der Waals surface area contributed by atoms with Gasteiger partial charge in [0.2, 0.25) is 0 Å². The molecule has 0 aliphatic carbocycles. The predicted octanol–water partition coefficient (Wildman–Crippen LogP) is 3.72. The minimum absolute atomic E-state index is 0.115. The lowest BCUT2D eigenvalue weighted by Crippen LogP contribution is -1.98. The first-order valence-electron chi connectivity index (χ1n) is 5.71. The summed E-state index contributed by atoms with van der Waals surface area (Å²) in [5.41, 5.74) is 0.721. The van der Waals surface area contributed by atoms with Gasteiger partial charge in [-0.3, -0.25) is 0 Å². The minimum Gasteiger partial charge on any atom is -0.220 e. The van der Waals surface area contributed by atoms with Gasteiger partial charge in [0.1, 0.15) is 10.7 Å². The average molecular weight is 337 g/mol. The molecule has 0 atom stereocenters. The van der Waals surface area contributed by atoms with E-state index < -0.39 is 14.9 Å². The van der Waals surface area contributed by atoms with Crippen molar-refractivity contribution in [2.75, 3.05) is 0 Å². The lowest BCUT2D eigenvalue weighted by Gasteiger charge is -2.02. The standard InChI is InChI=1S/C12H11Cl2FN2O2S/c1-7(2)10-11(20(14,18)19)12(13)17(16-10)9-5-3-8(15)4-6-9/h3-7H,1-2H3. The summed E-state index contributed by atoms with van der Waals surface area (Å²) >= 11 is 6.08. The van der Waals surface area contributed by atoms with E-state index in [4.69, 9.17) is 22.3 Å². The number of halogens is 3. The van der Waals surface area contributed by atoms with Gasteiger partial charge in [-0.25, -0.2) is 17.5 Å². The van der Waals surface area contributed by atoms with E-state index >= 15 is 0 Å². The molecule has 0 aliphatic heterocycles. The van der Waals surface area contributed by atoms with E-state index in [1.54, 1.807) is 13.8 Å². The molecule has 1 aromatic heterocycles. The van der Waals surface area contributed by atoms with Gasteiger partial charge >= 0.3 is 0 Å². The molecule has 0 aliphatic rings. The molecule has 0 fully saturated rings. The van der Waals surface area contributed by atoms with Crippen LogP contribution in [0.3, 0.4) is 0 Å². The van der Waals surface area contributed by atoms with Crippen LogP contribution in [0.4, 0.5) is 4.39 Å². The van der Waals surface area contributed by atoms with Crippen LogP contribution in [0, 0.1) is 5.82 Å². The predicted molar refractivity (Wildman–Crippen MR) is 75.7 cm³/mol. The van der Waals surface area contributed by atoms with E-state index in [9.17, 15) is 12.8 Å². The minimum atomic E-state index is -4.02. The van der Waals surface area contributed by atoms with Crippen molar-refractivity contribution in [1.29, 1.82) is 0 Å². The largest absolute Gasteiger partial charge is 0.266 e. The van der Waals surface area contributed by atoms with Crippen molar-refractivity contribution in [2.24, 2.45) is 0 Å². The molecule has 0 radical (unpaired) electrons. The SMILES string of the molecule is CC(C)c1nn(-c2ccc(F)cc2)c(Cl)c1S(=O)(=O)Cl. The Labute approximate surface area is 125 Å². The van der Waals surface area contributed by atoms with Crippen LogP contribution in [0.5, 0.6) is 0 Å². The first-order chi connectivity index (χ1) is 9.21. The Hall–Kier alpha value is -1.11. The zero-order valence-corrected chi connectivity index (χ0v) is 13.0. The lowest BCUT2D eigenvalue weighted by atomic mass is 10.1. The molecule has 1 heterocycles. The Morgan fingerprint density at radius 2 is 1.80 bits per heavy atom. The van der Waals surface area contributed by atoms with Crippen LogP contribution in [-0.2, 0) is 9.05 Å². The first kappa shape index (κ1) is 15.3. The van der Waals surface area contributed by atoms with Crippen LogP contribution in [0.25, 0.3) is 5.69 Å². The fourth-order valence-corrected chi connectivity index (χ4v) is 3.68. The first-order valence-corrected chi connectivity index (χ1v) is 8.39. The summed E-state index contributed by atoms with van der Waals surface area (Å²) in [6, 6.07) is 5.36. The van der Waals surface area contributed by atoms with E-state index in [2.05, 4.69) is 5.10 Å². The molecule has 20 heavy (non-hydrogen) atoms. The Morgan fingerprint density at radius 3 is 2.20 bits per heavy atom. The Morgan fingerprint density at radius 1 is 1.25 bits per heavy atom. The van der Waals surface area contributed by atoms with Gasteiger partial charge < -0.3 is 0 Å². The molecule has 0 N–H and O–H groups in total. The van der Waals surface area contributed by atoms with Crippen LogP contribution < -0.4 is 0 Å². The molecule has 2 aromatic rings. The maximum Gasteiger partial charge on any atom is 0.266 e. The van der Waals surface area contributed by atoms with Crippen molar-refractivity contribution >= 4 is 31.3 Å². The molecule has 0 saturated carbocycles. The monoisotopic (exact) mass is 336 g/mol. The highest BCUT2D eigenvalue weighted by atomic mass is 35.7. The molecule has 0 bridgehead atoms. The van der Waals surface area contributed by atoms with Gasteiger partial charge in [0.05, 0.1) is 11.4 Å². The molecule has 0 spiro atoms. The van der Waals surface area contributed by atoms with Gasteiger partial charge in [-0.2, -0.15) is 5.10 Å². The van der Waals surface area contributed by atoms with Crippen LogP contribution in [0.1, 0.15) is 25.5 Å². The van der Waals surface area contributed by atoms with Gasteiger partial charge in [-0.15, -0.1) is 0 Å². The van der Waals surface area contributed by atoms with Crippen molar-refractivity contribution < 1.29 is 12.8 Å². The topological polar surface area (TPSA) is 52.0 Å². The third-order valence-corrected chi connectivity index (χ3v) is 4.49. The summed E-state index contributed by atoms with van der Waals surface area (Å²) in [7, 11) is 1.39. The van der Waals surface area contributed by atoms with Crippen LogP contribution in [-0.4, -0.2) is 18.2 Å². The lowest BCUT2D eigenvalue weighted by molar-refractivity contribution is 0.607. The van der Waals surface area contributed by atoms with E-state index in [0.29, 0.717) is 5.69 Å². The Kier molecular flexibility index (Phi) is 4.09. The number of hydrogen-bond donors (Lipinski definition) is 0. The quantitative estimate of drug-likeness (QED) is 0.802. The second kappa shape index (κ2) is 5.35. The molecule has 4 nitrogen and oxygen atoms in total. The molecule has 1 aromatic carbocycles. The van der Waals surface area contributed by atoms with E-state index in [1.165, 1.54) is 28.9 Å². The van der Waals surface area contributed by atoms with Crippen LogP contribution in [0.15, 0.2) is 29.2 Å². The average Bonchev–Trinajstić information content (AvgIpc) is 2.68. The van der Waals surface area contributed by atoms with Gasteiger partial charge in [0, 0.05) is 10.7 Å².